The van der Waals surface area contributed by atoms with Crippen LogP contribution in [0.3, 0.4) is 0 Å². The normalized spacial score (nSPS) is 25.9. The molecule has 0 aliphatic carbocycles. The van der Waals surface area contributed by atoms with Crippen molar-refractivity contribution in [3.8, 4) is 0 Å². The van der Waals surface area contributed by atoms with E-state index in [0.717, 1.165) is 5.56 Å². The lowest BCUT2D eigenvalue weighted by Gasteiger charge is -2.21. The summed E-state index contributed by atoms with van der Waals surface area (Å²) in [6, 6.07) is 14.1. The van der Waals surface area contributed by atoms with Crippen LogP contribution in [0.4, 0.5) is 0 Å². The molecule has 4 atom stereocenters. The maximum Gasteiger partial charge on any atom is 0.321 e. The number of rotatable bonds is 5. The summed E-state index contributed by atoms with van der Waals surface area (Å²) in [7, 11) is 0. The largest absolute Gasteiger partial charge is 0.480 e. The van der Waals surface area contributed by atoms with Gasteiger partial charge in [-0.05, 0) is 11.1 Å². The van der Waals surface area contributed by atoms with Crippen LogP contribution in [0.25, 0.3) is 0 Å². The second-order valence-corrected chi connectivity index (χ2v) is 7.30. The number of amides is 2. The van der Waals surface area contributed by atoms with E-state index in [1.807, 2.05) is 30.3 Å². The maximum atomic E-state index is 13.1. The molecule has 2 aromatic rings. The predicted molar refractivity (Wildman–Crippen MR) is 104 cm³/mol. The molecule has 0 bridgehead atoms. The van der Waals surface area contributed by atoms with Gasteiger partial charge in [0.15, 0.2) is 0 Å². The van der Waals surface area contributed by atoms with Crippen molar-refractivity contribution in [3.63, 3.8) is 0 Å². The van der Waals surface area contributed by atoms with Gasteiger partial charge in [0.2, 0.25) is 11.8 Å². The first-order chi connectivity index (χ1) is 13.9. The zero-order chi connectivity index (χ0) is 20.7. The maximum absolute atomic E-state index is 13.1. The minimum atomic E-state index is -1.16. The van der Waals surface area contributed by atoms with Crippen molar-refractivity contribution in [2.45, 2.75) is 18.6 Å². The molecule has 2 aromatic carbocycles. The molecule has 148 valence electrons. The van der Waals surface area contributed by atoms with Crippen molar-refractivity contribution < 1.29 is 19.5 Å². The number of fused-ring (bicyclic) bond motifs is 1. The number of carbonyl (C=O) groups is 3. The molecule has 2 amide bonds. The van der Waals surface area contributed by atoms with Crippen LogP contribution in [-0.4, -0.2) is 39.7 Å². The van der Waals surface area contributed by atoms with Gasteiger partial charge < -0.3 is 10.8 Å². The monoisotopic (exact) mass is 392 g/mol. The second-order valence-electron chi connectivity index (χ2n) is 7.30. The van der Waals surface area contributed by atoms with Gasteiger partial charge in [0, 0.05) is 11.6 Å². The van der Waals surface area contributed by atoms with Gasteiger partial charge in [-0.15, -0.1) is 0 Å². The molecule has 0 spiro atoms. The second kappa shape index (κ2) is 7.14. The number of hydrogen-bond donors (Lipinski definition) is 4. The van der Waals surface area contributed by atoms with E-state index >= 15 is 0 Å². The molecule has 4 rings (SSSR count). The molecular weight excluding hydrogens is 372 g/mol. The first kappa shape index (κ1) is 18.8. The minimum absolute atomic E-state index is 0.0848. The van der Waals surface area contributed by atoms with Crippen LogP contribution in [0.15, 0.2) is 54.6 Å². The van der Waals surface area contributed by atoms with Crippen molar-refractivity contribution in [1.29, 1.82) is 5.41 Å². The molecule has 2 aliphatic rings. The Bertz CT molecular complexity index is 990. The van der Waals surface area contributed by atoms with E-state index in [1.54, 1.807) is 24.3 Å². The lowest BCUT2D eigenvalue weighted by Crippen LogP contribution is -2.42. The summed E-state index contributed by atoms with van der Waals surface area (Å²) in [5.74, 6) is -3.84. The van der Waals surface area contributed by atoms with Crippen LogP contribution in [0.1, 0.15) is 22.7 Å². The third-order valence-corrected chi connectivity index (χ3v) is 5.60. The Kier molecular flexibility index (Phi) is 4.63. The first-order valence-corrected chi connectivity index (χ1v) is 9.21. The molecule has 5 N–H and O–H groups in total. The topological polar surface area (TPSA) is 137 Å². The van der Waals surface area contributed by atoms with Gasteiger partial charge in [-0.1, -0.05) is 54.6 Å². The summed E-state index contributed by atoms with van der Waals surface area (Å²) in [4.78, 5) is 39.1. The smallest absolute Gasteiger partial charge is 0.321 e. The van der Waals surface area contributed by atoms with Crippen molar-refractivity contribution in [2.24, 2.45) is 17.6 Å². The minimum Gasteiger partial charge on any atom is -0.480 e. The van der Waals surface area contributed by atoms with E-state index in [2.05, 4.69) is 5.32 Å². The number of hydrogen-bond acceptors (Lipinski definition) is 5. The van der Waals surface area contributed by atoms with E-state index in [9.17, 15) is 19.5 Å². The van der Waals surface area contributed by atoms with E-state index in [0.29, 0.717) is 11.1 Å². The van der Waals surface area contributed by atoms with E-state index in [4.69, 9.17) is 11.1 Å². The third kappa shape index (κ3) is 3.17. The van der Waals surface area contributed by atoms with Crippen molar-refractivity contribution in [2.75, 3.05) is 0 Å². The number of benzene rings is 2. The fourth-order valence-corrected chi connectivity index (χ4v) is 4.20. The number of nitrogens with zero attached hydrogens (tertiary/aromatic N) is 1. The van der Waals surface area contributed by atoms with Crippen LogP contribution in [-0.2, 0) is 20.9 Å². The van der Waals surface area contributed by atoms with E-state index < -0.39 is 35.8 Å². The SMILES string of the molecule is N=C(N)c1ccc(C2NC(C(=O)O)C3C(=O)N(Cc4ccccc4)C(=O)C23)cc1. The molecule has 0 aromatic heterocycles. The summed E-state index contributed by atoms with van der Waals surface area (Å²) in [5, 5.41) is 20.1. The lowest BCUT2D eigenvalue weighted by molar-refractivity contribution is -0.146. The van der Waals surface area contributed by atoms with Gasteiger partial charge in [-0.2, -0.15) is 0 Å². The van der Waals surface area contributed by atoms with Crippen LogP contribution in [0.5, 0.6) is 0 Å². The Hall–Kier alpha value is -3.52. The number of carboxylic acid groups (broad SMARTS) is 1. The molecule has 0 saturated carbocycles. The van der Waals surface area contributed by atoms with Gasteiger partial charge in [0.1, 0.15) is 11.9 Å². The summed E-state index contributed by atoms with van der Waals surface area (Å²) >= 11 is 0. The summed E-state index contributed by atoms with van der Waals surface area (Å²) in [5.41, 5.74) is 7.49. The summed E-state index contributed by atoms with van der Waals surface area (Å²) in [6.07, 6.45) is 0. The molecule has 4 unspecified atom stereocenters. The van der Waals surface area contributed by atoms with Gasteiger partial charge in [-0.25, -0.2) is 0 Å². The van der Waals surface area contributed by atoms with Crippen molar-refractivity contribution in [3.05, 3.63) is 71.3 Å². The lowest BCUT2D eigenvalue weighted by atomic mass is 9.86. The molecule has 8 nitrogen and oxygen atoms in total. The number of nitrogen functional groups attached to an aromatic ring is 1. The van der Waals surface area contributed by atoms with Crippen molar-refractivity contribution in [1.82, 2.24) is 10.2 Å². The number of imide groups is 1. The van der Waals surface area contributed by atoms with Crippen LogP contribution in [0, 0.1) is 17.2 Å². The van der Waals surface area contributed by atoms with Crippen LogP contribution >= 0.6 is 0 Å². The molecule has 2 aliphatic heterocycles. The Morgan fingerprint density at radius 3 is 2.24 bits per heavy atom. The highest BCUT2D eigenvalue weighted by atomic mass is 16.4. The van der Waals surface area contributed by atoms with Gasteiger partial charge in [-0.3, -0.25) is 30.0 Å². The number of likely N-dealkylation sites (tertiary alicyclic amines) is 1. The standard InChI is InChI=1S/C21H20N4O4/c22-18(23)13-8-6-12(7-9-13)16-14-15(17(24-16)21(28)29)20(27)25(19(14)26)10-11-4-2-1-3-5-11/h1-9,14-17,24H,10H2,(H3,22,23)(H,28,29). The molecule has 2 heterocycles. The highest BCUT2D eigenvalue weighted by molar-refractivity contribution is 6.08. The number of carboxylic acids is 1. The number of amidine groups is 1. The van der Waals surface area contributed by atoms with E-state index in [1.165, 1.54) is 4.90 Å². The van der Waals surface area contributed by atoms with Gasteiger partial charge in [0.05, 0.1) is 18.4 Å². The predicted octanol–water partition coefficient (Wildman–Crippen LogP) is 0.870. The quantitative estimate of drug-likeness (QED) is 0.339. The van der Waals surface area contributed by atoms with Crippen LogP contribution in [0.2, 0.25) is 0 Å². The Labute approximate surface area is 166 Å². The van der Waals surface area contributed by atoms with Gasteiger partial charge >= 0.3 is 5.97 Å². The number of nitrogens with one attached hydrogen (secondary N) is 2. The van der Waals surface area contributed by atoms with E-state index in [-0.39, 0.29) is 18.3 Å². The van der Waals surface area contributed by atoms with Gasteiger partial charge in [0.25, 0.3) is 0 Å². The molecule has 2 saturated heterocycles. The Morgan fingerprint density at radius 2 is 1.66 bits per heavy atom. The average molecular weight is 392 g/mol. The first-order valence-electron chi connectivity index (χ1n) is 9.21. The molecular formula is C21H20N4O4. The number of aliphatic carboxylic acids is 1. The summed E-state index contributed by atoms with van der Waals surface area (Å²) < 4.78 is 0. The third-order valence-electron chi connectivity index (χ3n) is 5.60. The highest BCUT2D eigenvalue weighted by Crippen LogP contribution is 2.44. The number of nitrogens with two attached hydrogens (primary N) is 1. The number of carbonyl (C=O) groups excluding carboxylic acids is 2. The average Bonchev–Trinajstić information content (AvgIpc) is 3.22. The molecule has 2 fully saturated rings. The zero-order valence-electron chi connectivity index (χ0n) is 15.4. The fraction of sp³-hybridized carbons (Fsp3) is 0.238. The Morgan fingerprint density at radius 1 is 1.03 bits per heavy atom. The fourth-order valence-electron chi connectivity index (χ4n) is 4.20. The Balaban J connectivity index is 1.67. The molecule has 0 radical (unpaired) electrons. The van der Waals surface area contributed by atoms with Crippen molar-refractivity contribution >= 4 is 23.6 Å². The zero-order valence-corrected chi connectivity index (χ0v) is 15.4. The summed E-state index contributed by atoms with van der Waals surface area (Å²) in [6.45, 7) is 0.119. The highest BCUT2D eigenvalue weighted by Gasteiger charge is 2.60. The molecule has 8 heteroatoms. The van der Waals surface area contributed by atoms with Crippen LogP contribution < -0.4 is 11.1 Å². The molecule has 29 heavy (non-hydrogen) atoms.